The van der Waals surface area contributed by atoms with Crippen molar-refractivity contribution in [3.63, 3.8) is 0 Å². The van der Waals surface area contributed by atoms with Crippen LogP contribution in [0.3, 0.4) is 0 Å². The van der Waals surface area contributed by atoms with Crippen LogP contribution in [0.25, 0.3) is 11.0 Å². The number of amides is 1. The summed E-state index contributed by atoms with van der Waals surface area (Å²) in [5.74, 6) is -0.997. The summed E-state index contributed by atoms with van der Waals surface area (Å²) >= 11 is 0. The second-order valence-electron chi connectivity index (χ2n) is 6.02. The third kappa shape index (κ3) is 3.98. The summed E-state index contributed by atoms with van der Waals surface area (Å²) in [6.07, 6.45) is 0.301. The van der Waals surface area contributed by atoms with Gasteiger partial charge in [-0.05, 0) is 18.6 Å². The number of esters is 1. The number of ether oxygens (including phenoxy) is 1. The molecule has 8 nitrogen and oxygen atoms in total. The Morgan fingerprint density at radius 1 is 1.36 bits per heavy atom. The molecule has 0 radical (unpaired) electrons. The first-order chi connectivity index (χ1) is 11.9. The van der Waals surface area contributed by atoms with E-state index in [9.17, 15) is 18.0 Å². The maximum Gasteiger partial charge on any atom is 0.312 e. The van der Waals surface area contributed by atoms with Crippen LogP contribution >= 0.6 is 0 Å². The van der Waals surface area contributed by atoms with Gasteiger partial charge in [0, 0.05) is 18.5 Å². The van der Waals surface area contributed by atoms with Gasteiger partial charge in [0.05, 0.1) is 17.9 Å². The number of hydrogen-bond acceptors (Lipinski definition) is 7. The van der Waals surface area contributed by atoms with Crippen LogP contribution in [-0.2, 0) is 30.6 Å². The van der Waals surface area contributed by atoms with Crippen molar-refractivity contribution in [1.82, 2.24) is 10.1 Å². The highest BCUT2D eigenvalue weighted by molar-refractivity contribution is 7.91. The molecule has 2 aromatic rings. The van der Waals surface area contributed by atoms with E-state index in [4.69, 9.17) is 9.26 Å². The summed E-state index contributed by atoms with van der Waals surface area (Å²) in [6, 6.07) is 6.77. The van der Waals surface area contributed by atoms with Gasteiger partial charge in [-0.25, -0.2) is 8.42 Å². The van der Waals surface area contributed by atoms with Gasteiger partial charge in [-0.3, -0.25) is 9.59 Å². The second kappa shape index (κ2) is 6.83. The van der Waals surface area contributed by atoms with E-state index in [2.05, 4.69) is 5.16 Å². The topological polar surface area (TPSA) is 107 Å². The third-order valence-corrected chi connectivity index (χ3v) is 6.02. The Morgan fingerprint density at radius 3 is 2.84 bits per heavy atom. The van der Waals surface area contributed by atoms with Crippen molar-refractivity contribution in [2.24, 2.45) is 0 Å². The number of nitrogens with zero attached hydrogens (tertiary/aromatic N) is 2. The molecule has 1 amide bonds. The van der Waals surface area contributed by atoms with E-state index < -0.39 is 28.3 Å². The Labute approximate surface area is 144 Å². The lowest BCUT2D eigenvalue weighted by atomic mass is 10.2. The molecule has 1 aromatic heterocycles. The molecule has 0 spiro atoms. The molecule has 1 saturated heterocycles. The number of carbonyl (C=O) groups is 2. The van der Waals surface area contributed by atoms with E-state index in [1.54, 1.807) is 18.2 Å². The monoisotopic (exact) mass is 366 g/mol. The first-order valence-electron chi connectivity index (χ1n) is 7.81. The van der Waals surface area contributed by atoms with E-state index in [-0.39, 0.29) is 24.0 Å². The van der Waals surface area contributed by atoms with Crippen LogP contribution < -0.4 is 0 Å². The minimum absolute atomic E-state index is 0.0475. The Hall–Kier alpha value is -2.42. The molecular weight excluding hydrogens is 348 g/mol. The first kappa shape index (κ1) is 17.4. The fourth-order valence-corrected chi connectivity index (χ4v) is 4.56. The molecule has 1 aliphatic heterocycles. The molecule has 0 bridgehead atoms. The lowest BCUT2D eigenvalue weighted by molar-refractivity contribution is -0.151. The van der Waals surface area contributed by atoms with Gasteiger partial charge in [0.25, 0.3) is 5.91 Å². The van der Waals surface area contributed by atoms with Crippen molar-refractivity contribution in [2.75, 3.05) is 25.2 Å². The summed E-state index contributed by atoms with van der Waals surface area (Å²) in [5.41, 5.74) is 1.02. The number of rotatable bonds is 5. The lowest BCUT2D eigenvalue weighted by Crippen LogP contribution is -2.40. The van der Waals surface area contributed by atoms with Gasteiger partial charge in [-0.1, -0.05) is 17.3 Å². The van der Waals surface area contributed by atoms with Crippen molar-refractivity contribution >= 4 is 32.7 Å². The number of hydrogen-bond donors (Lipinski definition) is 0. The molecule has 1 aliphatic rings. The number of aromatic nitrogens is 1. The Bertz CT molecular complexity index is 904. The maximum atomic E-state index is 12.1. The summed E-state index contributed by atoms with van der Waals surface area (Å²) in [7, 11) is -1.56. The second-order valence-corrected chi connectivity index (χ2v) is 8.25. The van der Waals surface area contributed by atoms with Crippen LogP contribution in [0, 0.1) is 0 Å². The standard InChI is InChI=1S/C16H18N2O6S/c1-18(11-6-7-25(21,22)10-11)15(19)9-23-16(20)8-13-12-4-2-3-5-14(12)24-17-13/h2-5,11H,6-10H2,1H3/t11-/m0/s1. The fourth-order valence-electron chi connectivity index (χ4n) is 2.78. The molecule has 0 N–H and O–H groups in total. The zero-order chi connectivity index (χ0) is 18.0. The highest BCUT2D eigenvalue weighted by Crippen LogP contribution is 2.19. The van der Waals surface area contributed by atoms with Crippen molar-refractivity contribution in [1.29, 1.82) is 0 Å². The SMILES string of the molecule is CN(C(=O)COC(=O)Cc1noc2ccccc12)[C@H]1CCS(=O)(=O)C1. The Morgan fingerprint density at radius 2 is 2.12 bits per heavy atom. The van der Waals surface area contributed by atoms with Crippen molar-refractivity contribution in [3.8, 4) is 0 Å². The minimum Gasteiger partial charge on any atom is -0.455 e. The van der Waals surface area contributed by atoms with Crippen LogP contribution in [0.1, 0.15) is 12.1 Å². The first-order valence-corrected chi connectivity index (χ1v) is 9.63. The zero-order valence-electron chi connectivity index (χ0n) is 13.7. The molecule has 9 heteroatoms. The average Bonchev–Trinajstić information content (AvgIpc) is 3.15. The summed E-state index contributed by atoms with van der Waals surface area (Å²) in [5, 5.41) is 4.56. The lowest BCUT2D eigenvalue weighted by Gasteiger charge is -2.23. The van der Waals surface area contributed by atoms with E-state index in [1.807, 2.05) is 6.07 Å². The highest BCUT2D eigenvalue weighted by atomic mass is 32.2. The molecule has 134 valence electrons. The van der Waals surface area contributed by atoms with E-state index in [0.29, 0.717) is 17.7 Å². The molecule has 1 atom stereocenters. The van der Waals surface area contributed by atoms with Gasteiger partial charge < -0.3 is 14.2 Å². The molecule has 0 aliphatic carbocycles. The van der Waals surface area contributed by atoms with Crippen molar-refractivity contribution in [3.05, 3.63) is 30.0 Å². The smallest absolute Gasteiger partial charge is 0.312 e. The average molecular weight is 366 g/mol. The van der Waals surface area contributed by atoms with Crippen LogP contribution in [0.15, 0.2) is 28.8 Å². The van der Waals surface area contributed by atoms with Crippen LogP contribution in [0.4, 0.5) is 0 Å². The molecule has 25 heavy (non-hydrogen) atoms. The van der Waals surface area contributed by atoms with Gasteiger partial charge >= 0.3 is 5.97 Å². The summed E-state index contributed by atoms with van der Waals surface area (Å²) in [6.45, 7) is -0.429. The molecule has 3 rings (SSSR count). The third-order valence-electron chi connectivity index (χ3n) is 4.27. The Balaban J connectivity index is 1.53. The van der Waals surface area contributed by atoms with Gasteiger partial charge in [0.2, 0.25) is 0 Å². The molecule has 2 heterocycles. The molecule has 1 aromatic carbocycles. The molecule has 0 saturated carbocycles. The van der Waals surface area contributed by atoms with E-state index in [0.717, 1.165) is 5.39 Å². The normalized spacial score (nSPS) is 19.0. The number of likely N-dealkylation sites (N-methyl/N-ethyl adjacent to an activating group) is 1. The van der Waals surface area contributed by atoms with E-state index in [1.165, 1.54) is 11.9 Å². The Kier molecular flexibility index (Phi) is 4.76. The zero-order valence-corrected chi connectivity index (χ0v) is 14.5. The number of benzene rings is 1. The number of carbonyl (C=O) groups excluding carboxylic acids is 2. The van der Waals surface area contributed by atoms with Gasteiger partial charge in [0.15, 0.2) is 22.0 Å². The fraction of sp³-hybridized carbons (Fsp3) is 0.438. The number of sulfone groups is 1. The van der Waals surface area contributed by atoms with Crippen molar-refractivity contribution < 1.29 is 27.3 Å². The molecular formula is C16H18N2O6S. The quantitative estimate of drug-likeness (QED) is 0.712. The minimum atomic E-state index is -3.08. The van der Waals surface area contributed by atoms with Crippen LogP contribution in [0.2, 0.25) is 0 Å². The number of fused-ring (bicyclic) bond motifs is 1. The van der Waals surface area contributed by atoms with Gasteiger partial charge in [-0.15, -0.1) is 0 Å². The molecule has 0 unspecified atom stereocenters. The number of para-hydroxylation sites is 1. The van der Waals surface area contributed by atoms with Crippen LogP contribution in [-0.4, -0.2) is 61.6 Å². The predicted molar refractivity (Wildman–Crippen MR) is 88.5 cm³/mol. The van der Waals surface area contributed by atoms with Crippen molar-refractivity contribution in [2.45, 2.75) is 18.9 Å². The van der Waals surface area contributed by atoms with Gasteiger partial charge in [0.1, 0.15) is 5.69 Å². The molecule has 1 fully saturated rings. The van der Waals surface area contributed by atoms with Crippen LogP contribution in [0.5, 0.6) is 0 Å². The predicted octanol–water partition coefficient (Wildman–Crippen LogP) is 0.559. The summed E-state index contributed by atoms with van der Waals surface area (Å²) < 4.78 is 33.1. The maximum absolute atomic E-state index is 12.1. The van der Waals surface area contributed by atoms with E-state index >= 15 is 0 Å². The highest BCUT2D eigenvalue weighted by Gasteiger charge is 2.32. The van der Waals surface area contributed by atoms with Gasteiger partial charge in [-0.2, -0.15) is 0 Å². The summed E-state index contributed by atoms with van der Waals surface area (Å²) in [4.78, 5) is 25.4. The largest absolute Gasteiger partial charge is 0.455 e.